The van der Waals surface area contributed by atoms with Crippen LogP contribution in [0.4, 0.5) is 5.69 Å². The molecule has 1 aliphatic heterocycles. The molecule has 1 saturated heterocycles. The highest BCUT2D eigenvalue weighted by molar-refractivity contribution is 6.00. The molecule has 2 heterocycles. The summed E-state index contributed by atoms with van der Waals surface area (Å²) in [4.78, 5) is 21.6. The van der Waals surface area contributed by atoms with Crippen LogP contribution in [0.25, 0.3) is 10.8 Å². The molecule has 0 aliphatic carbocycles. The molecule has 4 nitrogen and oxygen atoms in total. The zero-order chi connectivity index (χ0) is 18.1. The van der Waals surface area contributed by atoms with Crippen LogP contribution in [0.2, 0.25) is 0 Å². The number of fused-ring (bicyclic) bond motifs is 1. The molecule has 0 radical (unpaired) electrons. The maximum atomic E-state index is 13.0. The second-order valence-corrected chi connectivity index (χ2v) is 7.10. The Morgan fingerprint density at radius 2 is 1.81 bits per heavy atom. The van der Waals surface area contributed by atoms with Gasteiger partial charge in [0.25, 0.3) is 5.91 Å². The molecule has 0 saturated carbocycles. The zero-order valence-corrected chi connectivity index (χ0v) is 15.2. The molecule has 2 aromatic carbocycles. The number of hydrogen-bond acceptors (Lipinski definition) is 3. The third kappa shape index (κ3) is 3.03. The third-order valence-corrected chi connectivity index (χ3v) is 5.16. The van der Waals surface area contributed by atoms with Gasteiger partial charge in [0, 0.05) is 56.1 Å². The smallest absolute Gasteiger partial charge is 0.255 e. The molecule has 0 bridgehead atoms. The fourth-order valence-corrected chi connectivity index (χ4v) is 3.72. The predicted octanol–water partition coefficient (Wildman–Crippen LogP) is 3.93. The van der Waals surface area contributed by atoms with Gasteiger partial charge in [-0.2, -0.15) is 0 Å². The van der Waals surface area contributed by atoms with Gasteiger partial charge in [-0.15, -0.1) is 0 Å². The largest absolute Gasteiger partial charge is 0.377 e. The van der Waals surface area contributed by atoms with Crippen LogP contribution in [0.15, 0.2) is 60.8 Å². The van der Waals surface area contributed by atoms with Gasteiger partial charge in [-0.3, -0.25) is 9.78 Å². The highest BCUT2D eigenvalue weighted by Crippen LogP contribution is 2.30. The van der Waals surface area contributed by atoms with Crippen LogP contribution in [0, 0.1) is 0 Å². The Morgan fingerprint density at radius 3 is 2.62 bits per heavy atom. The van der Waals surface area contributed by atoms with E-state index in [-0.39, 0.29) is 5.91 Å². The quantitative estimate of drug-likeness (QED) is 0.722. The van der Waals surface area contributed by atoms with Crippen LogP contribution in [0.1, 0.15) is 28.4 Å². The summed E-state index contributed by atoms with van der Waals surface area (Å²) in [6.45, 7) is 1.51. The third-order valence-electron chi connectivity index (χ3n) is 5.16. The molecule has 0 unspecified atom stereocenters. The normalized spacial score (nSPS) is 16.8. The molecule has 132 valence electrons. The fraction of sp³-hybridized carbons (Fsp3) is 0.273. The number of likely N-dealkylation sites (tertiary alicyclic amines) is 1. The van der Waals surface area contributed by atoms with E-state index in [1.165, 1.54) is 5.39 Å². The van der Waals surface area contributed by atoms with Gasteiger partial charge in [0.15, 0.2) is 0 Å². The van der Waals surface area contributed by atoms with Gasteiger partial charge in [0.1, 0.15) is 0 Å². The van der Waals surface area contributed by atoms with Gasteiger partial charge in [0.2, 0.25) is 0 Å². The summed E-state index contributed by atoms with van der Waals surface area (Å²) in [7, 11) is 3.94. The van der Waals surface area contributed by atoms with E-state index < -0.39 is 0 Å². The molecule has 4 rings (SSSR count). The van der Waals surface area contributed by atoms with Gasteiger partial charge in [0.05, 0.1) is 5.56 Å². The summed E-state index contributed by atoms with van der Waals surface area (Å²) in [5, 5.41) is 2.36. The van der Waals surface area contributed by atoms with Crippen molar-refractivity contribution in [3.8, 4) is 0 Å². The van der Waals surface area contributed by atoms with Gasteiger partial charge >= 0.3 is 0 Å². The maximum absolute atomic E-state index is 13.0. The van der Waals surface area contributed by atoms with Crippen molar-refractivity contribution in [1.82, 2.24) is 9.88 Å². The van der Waals surface area contributed by atoms with Crippen LogP contribution in [-0.4, -0.2) is 43.0 Å². The Balaban J connectivity index is 1.55. The summed E-state index contributed by atoms with van der Waals surface area (Å²) in [6, 6.07) is 18.3. The van der Waals surface area contributed by atoms with Gasteiger partial charge < -0.3 is 9.80 Å². The minimum Gasteiger partial charge on any atom is -0.377 e. The maximum Gasteiger partial charge on any atom is 0.255 e. The first-order valence-electron chi connectivity index (χ1n) is 9.04. The number of nitrogens with zero attached hydrogens (tertiary/aromatic N) is 3. The van der Waals surface area contributed by atoms with E-state index in [1.807, 2.05) is 60.4 Å². The van der Waals surface area contributed by atoms with Crippen molar-refractivity contribution < 1.29 is 4.79 Å². The Hall–Kier alpha value is -2.88. The van der Waals surface area contributed by atoms with E-state index in [9.17, 15) is 4.79 Å². The average Bonchev–Trinajstić information content (AvgIpc) is 3.17. The first kappa shape index (κ1) is 16.6. The van der Waals surface area contributed by atoms with Crippen LogP contribution >= 0.6 is 0 Å². The summed E-state index contributed by atoms with van der Waals surface area (Å²) in [6.07, 6.45) is 2.90. The molecule has 3 aromatic rings. The van der Waals surface area contributed by atoms with E-state index in [2.05, 4.69) is 29.2 Å². The molecule has 1 fully saturated rings. The topological polar surface area (TPSA) is 36.4 Å². The molecule has 26 heavy (non-hydrogen) atoms. The van der Waals surface area contributed by atoms with Crippen LogP contribution in [-0.2, 0) is 0 Å². The lowest BCUT2D eigenvalue weighted by Crippen LogP contribution is -2.30. The van der Waals surface area contributed by atoms with Crippen LogP contribution in [0.3, 0.4) is 0 Å². The van der Waals surface area contributed by atoms with Crippen molar-refractivity contribution in [2.75, 3.05) is 32.1 Å². The first-order chi connectivity index (χ1) is 12.6. The summed E-state index contributed by atoms with van der Waals surface area (Å²) >= 11 is 0. The molecule has 1 aliphatic rings. The number of anilines is 1. The lowest BCUT2D eigenvalue weighted by molar-refractivity contribution is 0.0791. The molecule has 1 aromatic heterocycles. The van der Waals surface area contributed by atoms with Crippen molar-refractivity contribution in [2.45, 2.75) is 12.3 Å². The number of para-hydroxylation sites is 1. The van der Waals surface area contributed by atoms with E-state index in [0.29, 0.717) is 5.92 Å². The predicted molar refractivity (Wildman–Crippen MR) is 106 cm³/mol. The minimum atomic E-state index is 0.109. The van der Waals surface area contributed by atoms with E-state index in [0.717, 1.165) is 41.8 Å². The van der Waals surface area contributed by atoms with Crippen molar-refractivity contribution in [3.05, 3.63) is 72.1 Å². The number of rotatable bonds is 3. The Labute approximate surface area is 154 Å². The first-order valence-corrected chi connectivity index (χ1v) is 9.04. The highest BCUT2D eigenvalue weighted by atomic mass is 16.2. The summed E-state index contributed by atoms with van der Waals surface area (Å²) in [5.41, 5.74) is 2.81. The summed E-state index contributed by atoms with van der Waals surface area (Å²) in [5.74, 6) is 0.410. The number of carbonyl (C=O) groups excluding carboxylic acids is 1. The standard InChI is InChI=1S/C22H23N3O/c1-24(2)21-10-6-5-9-19(21)22(26)25-12-11-18(15-25)20-13-16-7-3-4-8-17(16)14-23-20/h3-10,13-14,18H,11-12,15H2,1-2H3/t18-/m0/s1. The van der Waals surface area contributed by atoms with Crippen LogP contribution in [0.5, 0.6) is 0 Å². The zero-order valence-electron chi connectivity index (χ0n) is 15.2. The number of aromatic nitrogens is 1. The molecular formula is C22H23N3O. The Kier molecular flexibility index (Phi) is 4.33. The van der Waals surface area contributed by atoms with E-state index in [4.69, 9.17) is 0 Å². The molecule has 4 heteroatoms. The molecule has 0 N–H and O–H groups in total. The van der Waals surface area contributed by atoms with Gasteiger partial charge in [-0.25, -0.2) is 0 Å². The number of amides is 1. The molecule has 1 amide bonds. The highest BCUT2D eigenvalue weighted by Gasteiger charge is 2.30. The van der Waals surface area contributed by atoms with Gasteiger partial charge in [-0.1, -0.05) is 36.4 Å². The monoisotopic (exact) mass is 345 g/mol. The molecule has 1 atom stereocenters. The number of benzene rings is 2. The lowest BCUT2D eigenvalue weighted by Gasteiger charge is -2.21. The SMILES string of the molecule is CN(C)c1ccccc1C(=O)N1CC[C@H](c2cc3ccccc3cn2)C1. The molecular weight excluding hydrogens is 322 g/mol. The second-order valence-electron chi connectivity index (χ2n) is 7.10. The summed E-state index contributed by atoms with van der Waals surface area (Å²) < 4.78 is 0. The fourth-order valence-electron chi connectivity index (χ4n) is 3.72. The van der Waals surface area contributed by atoms with E-state index >= 15 is 0 Å². The van der Waals surface area contributed by atoms with Crippen molar-refractivity contribution in [3.63, 3.8) is 0 Å². The number of carbonyl (C=O) groups is 1. The average molecular weight is 345 g/mol. The van der Waals surface area contributed by atoms with Crippen molar-refractivity contribution >= 4 is 22.4 Å². The Morgan fingerprint density at radius 1 is 1.08 bits per heavy atom. The van der Waals surface area contributed by atoms with Gasteiger partial charge in [-0.05, 0) is 30.0 Å². The number of hydrogen-bond donors (Lipinski definition) is 0. The lowest BCUT2D eigenvalue weighted by atomic mass is 10.0. The van der Waals surface area contributed by atoms with Crippen molar-refractivity contribution in [2.24, 2.45) is 0 Å². The Bertz CT molecular complexity index is 951. The van der Waals surface area contributed by atoms with E-state index in [1.54, 1.807) is 0 Å². The molecule has 0 spiro atoms. The second kappa shape index (κ2) is 6.79. The number of pyridine rings is 1. The van der Waals surface area contributed by atoms with Crippen LogP contribution < -0.4 is 4.90 Å². The van der Waals surface area contributed by atoms with Crippen molar-refractivity contribution in [1.29, 1.82) is 0 Å². The minimum absolute atomic E-state index is 0.109.